The maximum atomic E-state index is 14.3. The number of halogens is 1. The highest BCUT2D eigenvalue weighted by molar-refractivity contribution is 5.40. The van der Waals surface area contributed by atoms with Gasteiger partial charge in [-0.05, 0) is 84.1 Å². The van der Waals surface area contributed by atoms with E-state index in [0.717, 1.165) is 25.0 Å². The summed E-state index contributed by atoms with van der Waals surface area (Å²) in [6.07, 6.45) is 2.92. The molecule has 2 saturated carbocycles. The second-order valence-corrected chi connectivity index (χ2v) is 9.53. The summed E-state index contributed by atoms with van der Waals surface area (Å²) < 4.78 is 20.3. The molecule has 2 nitrogen and oxygen atoms in total. The molecule has 0 aromatic heterocycles. The molecule has 0 saturated heterocycles. The molecule has 3 aliphatic rings. The van der Waals surface area contributed by atoms with Crippen molar-refractivity contribution in [2.24, 2.45) is 23.7 Å². The Morgan fingerprint density at radius 2 is 1.86 bits per heavy atom. The molecule has 0 spiro atoms. The molecular weight excluding hydrogens is 363 g/mol. The maximum absolute atomic E-state index is 14.3. The Morgan fingerprint density at radius 1 is 1.03 bits per heavy atom. The predicted octanol–water partition coefficient (Wildman–Crippen LogP) is 5.68. The molecule has 29 heavy (non-hydrogen) atoms. The van der Waals surface area contributed by atoms with Crippen LogP contribution in [0.5, 0.6) is 5.75 Å². The Balaban J connectivity index is 1.36. The van der Waals surface area contributed by atoms with Gasteiger partial charge < -0.3 is 9.84 Å². The van der Waals surface area contributed by atoms with Gasteiger partial charge in [-0.15, -0.1) is 0 Å². The van der Waals surface area contributed by atoms with Crippen LogP contribution in [0.25, 0.3) is 0 Å². The van der Waals surface area contributed by atoms with Crippen molar-refractivity contribution in [1.29, 1.82) is 0 Å². The van der Waals surface area contributed by atoms with Gasteiger partial charge in [-0.2, -0.15) is 0 Å². The lowest BCUT2D eigenvalue weighted by Crippen LogP contribution is -2.49. The molecule has 0 bridgehead atoms. The predicted molar refractivity (Wildman–Crippen MR) is 113 cm³/mol. The van der Waals surface area contributed by atoms with Gasteiger partial charge in [0.15, 0.2) is 0 Å². The van der Waals surface area contributed by atoms with Crippen molar-refractivity contribution in [2.45, 2.75) is 63.8 Å². The van der Waals surface area contributed by atoms with E-state index in [9.17, 15) is 9.50 Å². The lowest BCUT2D eigenvalue weighted by atomic mass is 9.53. The molecule has 2 aromatic rings. The number of benzene rings is 2. The van der Waals surface area contributed by atoms with E-state index in [-0.39, 0.29) is 5.92 Å². The number of hydrogen-bond donors (Lipinski definition) is 1. The van der Waals surface area contributed by atoms with Gasteiger partial charge >= 0.3 is 0 Å². The van der Waals surface area contributed by atoms with Crippen LogP contribution in [0.3, 0.4) is 0 Å². The van der Waals surface area contributed by atoms with Gasteiger partial charge in [-0.25, -0.2) is 4.39 Å². The van der Waals surface area contributed by atoms with E-state index in [1.807, 2.05) is 18.2 Å². The van der Waals surface area contributed by atoms with Crippen molar-refractivity contribution in [1.82, 2.24) is 0 Å². The first-order chi connectivity index (χ1) is 14.1. The van der Waals surface area contributed by atoms with E-state index in [0.29, 0.717) is 43.1 Å². The summed E-state index contributed by atoms with van der Waals surface area (Å²) in [5.74, 6) is 2.99. The maximum Gasteiger partial charge on any atom is 0.120 e. The van der Waals surface area contributed by atoms with Crippen molar-refractivity contribution >= 4 is 0 Å². The molecule has 5 rings (SSSR count). The summed E-state index contributed by atoms with van der Waals surface area (Å²) in [5.41, 5.74) is 4.01. The van der Waals surface area contributed by atoms with Crippen molar-refractivity contribution in [3.8, 4) is 5.75 Å². The summed E-state index contributed by atoms with van der Waals surface area (Å²) in [4.78, 5) is 0. The van der Waals surface area contributed by atoms with E-state index in [2.05, 4.69) is 37.3 Å². The average molecular weight is 395 g/mol. The highest BCUT2D eigenvalue weighted by atomic mass is 19.1. The van der Waals surface area contributed by atoms with Crippen LogP contribution in [0.2, 0.25) is 0 Å². The van der Waals surface area contributed by atoms with Crippen molar-refractivity contribution in [3.63, 3.8) is 0 Å². The Labute approximate surface area is 173 Å². The fourth-order valence-electron chi connectivity index (χ4n) is 6.63. The van der Waals surface area contributed by atoms with Gasteiger partial charge in [0.25, 0.3) is 0 Å². The molecule has 154 valence electrons. The molecule has 0 amide bonds. The molecule has 0 heterocycles. The first kappa shape index (κ1) is 19.1. The van der Waals surface area contributed by atoms with Crippen molar-refractivity contribution < 1.29 is 14.2 Å². The Kier molecular flexibility index (Phi) is 5.11. The number of aliphatic hydroxyl groups excluding tert-OH is 1. The first-order valence-electron chi connectivity index (χ1n) is 11.2. The normalized spacial score (nSPS) is 35.9. The number of aryl methyl sites for hydroxylation is 1. The second kappa shape index (κ2) is 7.75. The average Bonchev–Trinajstić information content (AvgIpc) is 2.72. The van der Waals surface area contributed by atoms with Gasteiger partial charge in [0.2, 0.25) is 0 Å². The number of fused-ring (bicyclic) bond motifs is 5. The van der Waals surface area contributed by atoms with Crippen molar-refractivity contribution in [3.05, 3.63) is 65.2 Å². The zero-order valence-corrected chi connectivity index (χ0v) is 17.1. The third-order valence-corrected chi connectivity index (χ3v) is 7.82. The molecule has 0 aliphatic heterocycles. The van der Waals surface area contributed by atoms with E-state index in [1.54, 1.807) is 0 Å². The van der Waals surface area contributed by atoms with E-state index in [4.69, 9.17) is 4.74 Å². The Hall–Kier alpha value is -1.87. The number of aliphatic hydroxyl groups is 1. The summed E-state index contributed by atoms with van der Waals surface area (Å²) in [5, 5.41) is 10.6. The molecule has 1 unspecified atom stereocenters. The fourth-order valence-corrected chi connectivity index (χ4v) is 6.63. The van der Waals surface area contributed by atoms with Crippen LogP contribution >= 0.6 is 0 Å². The zero-order chi connectivity index (χ0) is 20.0. The molecule has 2 fully saturated rings. The molecular formula is C26H31FO2. The SMILES string of the molecule is C[C@@H]1C[C@@H]2c3ccc(OCc4ccccc4)cc3CC[C@H]2[C@@H]2C[C@@H](F)C[C@H](O)C12. The van der Waals surface area contributed by atoms with Gasteiger partial charge in [0.05, 0.1) is 6.10 Å². The largest absolute Gasteiger partial charge is 0.489 e. The van der Waals surface area contributed by atoms with Crippen LogP contribution < -0.4 is 4.74 Å². The summed E-state index contributed by atoms with van der Waals surface area (Å²) in [6.45, 7) is 2.85. The lowest BCUT2D eigenvalue weighted by Gasteiger charge is -2.53. The standard InChI is InChI=1S/C26H31FO2/c1-16-11-23-21-10-8-20(29-15-17-5-3-2-4-6-17)12-18(21)7-9-22(23)24-13-19(27)14-25(28)26(16)24/h2-6,8,10,12,16,19,22-26,28H,7,9,11,13-15H2,1H3/t16-,19-,22-,23-,24+,25+,26?/m1/s1. The minimum absolute atomic E-state index is 0.276. The molecule has 0 radical (unpaired) electrons. The highest BCUT2D eigenvalue weighted by Gasteiger charge is 2.50. The summed E-state index contributed by atoms with van der Waals surface area (Å²) in [7, 11) is 0. The topological polar surface area (TPSA) is 29.5 Å². The zero-order valence-electron chi connectivity index (χ0n) is 17.1. The number of rotatable bonds is 3. The van der Waals surface area contributed by atoms with Gasteiger partial charge in [0, 0.05) is 6.42 Å². The van der Waals surface area contributed by atoms with Crippen LogP contribution in [-0.4, -0.2) is 17.4 Å². The number of hydrogen-bond acceptors (Lipinski definition) is 2. The van der Waals surface area contributed by atoms with Gasteiger partial charge in [0.1, 0.15) is 18.5 Å². The van der Waals surface area contributed by atoms with Gasteiger partial charge in [-0.3, -0.25) is 0 Å². The monoisotopic (exact) mass is 394 g/mol. The quantitative estimate of drug-likeness (QED) is 0.726. The summed E-state index contributed by atoms with van der Waals surface area (Å²) >= 11 is 0. The van der Waals surface area contributed by atoms with Gasteiger partial charge in [-0.1, -0.05) is 43.3 Å². The second-order valence-electron chi connectivity index (χ2n) is 9.53. The molecule has 3 aliphatic carbocycles. The van der Waals surface area contributed by atoms with E-state index >= 15 is 0 Å². The van der Waals surface area contributed by atoms with Crippen LogP contribution in [0.15, 0.2) is 48.5 Å². The molecule has 7 atom stereocenters. The van der Waals surface area contributed by atoms with Crippen LogP contribution in [0, 0.1) is 23.7 Å². The third kappa shape index (κ3) is 3.59. The smallest absolute Gasteiger partial charge is 0.120 e. The minimum atomic E-state index is -0.840. The Bertz CT molecular complexity index is 851. The first-order valence-corrected chi connectivity index (χ1v) is 11.2. The summed E-state index contributed by atoms with van der Waals surface area (Å²) in [6, 6.07) is 16.8. The van der Waals surface area contributed by atoms with Crippen LogP contribution in [-0.2, 0) is 13.0 Å². The molecule has 3 heteroatoms. The molecule has 1 N–H and O–H groups in total. The minimum Gasteiger partial charge on any atom is -0.489 e. The number of alkyl halides is 1. The molecule has 2 aromatic carbocycles. The van der Waals surface area contributed by atoms with Crippen LogP contribution in [0.1, 0.15) is 55.2 Å². The third-order valence-electron chi connectivity index (χ3n) is 7.82. The van der Waals surface area contributed by atoms with Crippen molar-refractivity contribution in [2.75, 3.05) is 0 Å². The Morgan fingerprint density at radius 3 is 2.69 bits per heavy atom. The van der Waals surface area contributed by atoms with E-state index < -0.39 is 12.3 Å². The highest BCUT2D eigenvalue weighted by Crippen LogP contribution is 2.56. The number of ether oxygens (including phenoxy) is 1. The fraction of sp³-hybridized carbons (Fsp3) is 0.538. The lowest BCUT2D eigenvalue weighted by molar-refractivity contribution is -0.0791. The van der Waals surface area contributed by atoms with Crippen LogP contribution in [0.4, 0.5) is 4.39 Å². The van der Waals surface area contributed by atoms with E-state index in [1.165, 1.54) is 16.7 Å².